The number of hydrogen-bond acceptors (Lipinski definition) is 6. The van der Waals surface area contributed by atoms with Gasteiger partial charge in [-0.2, -0.15) is 9.78 Å². The van der Waals surface area contributed by atoms with Gasteiger partial charge in [-0.05, 0) is 31.0 Å². The van der Waals surface area contributed by atoms with Gasteiger partial charge in [0, 0.05) is 29.8 Å². The van der Waals surface area contributed by atoms with Gasteiger partial charge in [0.25, 0.3) is 11.9 Å². The van der Waals surface area contributed by atoms with Gasteiger partial charge in [0.05, 0.1) is 15.6 Å². The molecule has 29 heavy (non-hydrogen) atoms. The lowest BCUT2D eigenvalue weighted by atomic mass is 9.92. The molecule has 3 aromatic rings. The van der Waals surface area contributed by atoms with Crippen LogP contribution in [0.3, 0.4) is 0 Å². The fourth-order valence-electron chi connectivity index (χ4n) is 2.66. The van der Waals surface area contributed by atoms with Gasteiger partial charge in [0.1, 0.15) is 5.82 Å². The number of aromatic nitrogens is 4. The molecule has 2 amide bonds. The first kappa shape index (κ1) is 19.3. The first-order valence-electron chi connectivity index (χ1n) is 9.41. The van der Waals surface area contributed by atoms with Crippen LogP contribution in [0.25, 0.3) is 5.95 Å². The normalized spacial score (nSPS) is 13.9. The van der Waals surface area contributed by atoms with Gasteiger partial charge in [-0.1, -0.05) is 20.8 Å². The molecule has 3 heterocycles. The van der Waals surface area contributed by atoms with Crippen molar-refractivity contribution in [1.29, 1.82) is 0 Å². The molecule has 0 aliphatic heterocycles. The minimum Gasteiger partial charge on any atom is -0.317 e. The molecular weight excluding hydrogens is 388 g/mol. The first-order chi connectivity index (χ1) is 13.8. The van der Waals surface area contributed by atoms with Gasteiger partial charge in [-0.3, -0.25) is 9.59 Å². The summed E-state index contributed by atoms with van der Waals surface area (Å²) in [6, 6.07) is 7.00. The Morgan fingerprint density at radius 2 is 1.86 bits per heavy atom. The maximum atomic E-state index is 12.8. The third-order valence-corrected chi connectivity index (χ3v) is 5.48. The summed E-state index contributed by atoms with van der Waals surface area (Å²) >= 11 is 1.24. The second-order valence-corrected chi connectivity index (χ2v) is 9.09. The smallest absolute Gasteiger partial charge is 0.266 e. The number of anilines is 2. The van der Waals surface area contributed by atoms with Crippen molar-refractivity contribution in [2.45, 2.75) is 39.0 Å². The largest absolute Gasteiger partial charge is 0.317 e. The van der Waals surface area contributed by atoms with E-state index < -0.39 is 0 Å². The molecule has 1 fully saturated rings. The Labute approximate surface area is 172 Å². The highest BCUT2D eigenvalue weighted by Gasteiger charge is 2.30. The van der Waals surface area contributed by atoms with Crippen molar-refractivity contribution in [3.63, 3.8) is 0 Å². The summed E-state index contributed by atoms with van der Waals surface area (Å²) in [5.74, 6) is 0.725. The van der Waals surface area contributed by atoms with E-state index in [1.54, 1.807) is 30.6 Å². The Morgan fingerprint density at radius 1 is 1.14 bits per heavy atom. The van der Waals surface area contributed by atoms with Crippen LogP contribution in [0.4, 0.5) is 10.8 Å². The molecule has 150 valence electrons. The van der Waals surface area contributed by atoms with Crippen molar-refractivity contribution in [3.05, 3.63) is 47.2 Å². The Morgan fingerprint density at radius 3 is 2.52 bits per heavy atom. The van der Waals surface area contributed by atoms with Crippen LogP contribution < -0.4 is 10.6 Å². The third kappa shape index (κ3) is 4.34. The van der Waals surface area contributed by atoms with Crippen LogP contribution in [-0.4, -0.2) is 31.6 Å². The van der Waals surface area contributed by atoms with E-state index in [2.05, 4.69) is 25.7 Å². The number of amides is 2. The molecule has 0 atom stereocenters. The minimum atomic E-state index is -0.278. The topological polar surface area (TPSA) is 102 Å². The lowest BCUT2D eigenvalue weighted by Crippen LogP contribution is -2.15. The summed E-state index contributed by atoms with van der Waals surface area (Å²) in [5, 5.41) is 11.0. The average molecular weight is 411 g/mol. The van der Waals surface area contributed by atoms with E-state index in [4.69, 9.17) is 0 Å². The molecule has 8 nitrogen and oxygen atoms in total. The number of nitrogens with one attached hydrogen (secondary N) is 2. The van der Waals surface area contributed by atoms with Crippen molar-refractivity contribution in [3.8, 4) is 5.95 Å². The molecule has 9 heteroatoms. The number of carbonyl (C=O) groups is 2. The van der Waals surface area contributed by atoms with Crippen molar-refractivity contribution < 1.29 is 9.59 Å². The number of hydrogen-bond donors (Lipinski definition) is 2. The monoisotopic (exact) mass is 410 g/mol. The Kier molecular flexibility index (Phi) is 4.91. The predicted octanol–water partition coefficient (Wildman–Crippen LogP) is 3.62. The van der Waals surface area contributed by atoms with E-state index in [1.807, 2.05) is 26.8 Å². The molecule has 0 bridgehead atoms. The van der Waals surface area contributed by atoms with Crippen molar-refractivity contribution >= 4 is 34.0 Å². The molecule has 0 aromatic carbocycles. The van der Waals surface area contributed by atoms with E-state index in [-0.39, 0.29) is 23.1 Å². The summed E-state index contributed by atoms with van der Waals surface area (Å²) in [6.07, 6.45) is 5.12. The molecule has 2 N–H and O–H groups in total. The van der Waals surface area contributed by atoms with Crippen LogP contribution in [0.2, 0.25) is 0 Å². The van der Waals surface area contributed by atoms with Crippen LogP contribution in [0.5, 0.6) is 0 Å². The lowest BCUT2D eigenvalue weighted by Gasteiger charge is -2.13. The van der Waals surface area contributed by atoms with Gasteiger partial charge in [-0.25, -0.2) is 9.97 Å². The molecule has 0 saturated heterocycles. The molecular formula is C20H22N6O2S. The molecule has 0 radical (unpaired) electrons. The molecule has 0 spiro atoms. The number of nitrogens with zero attached hydrogens (tertiary/aromatic N) is 4. The van der Waals surface area contributed by atoms with Gasteiger partial charge < -0.3 is 10.6 Å². The van der Waals surface area contributed by atoms with Gasteiger partial charge in [0.2, 0.25) is 5.91 Å². The lowest BCUT2D eigenvalue weighted by molar-refractivity contribution is -0.117. The maximum absolute atomic E-state index is 12.8. The summed E-state index contributed by atoms with van der Waals surface area (Å²) in [5.41, 5.74) is 0.603. The van der Waals surface area contributed by atoms with E-state index in [0.29, 0.717) is 21.6 Å². The van der Waals surface area contributed by atoms with E-state index in [1.165, 1.54) is 16.0 Å². The maximum Gasteiger partial charge on any atom is 0.266 e. The van der Waals surface area contributed by atoms with Crippen LogP contribution in [0.1, 0.15) is 49.0 Å². The highest BCUT2D eigenvalue weighted by molar-refractivity contribution is 7.18. The zero-order chi connectivity index (χ0) is 20.6. The van der Waals surface area contributed by atoms with Crippen molar-refractivity contribution in [2.24, 2.45) is 5.92 Å². The number of rotatable bonds is 5. The Balaban J connectivity index is 1.56. The highest BCUT2D eigenvalue weighted by Crippen LogP contribution is 2.32. The molecule has 1 aliphatic rings. The van der Waals surface area contributed by atoms with Crippen molar-refractivity contribution in [1.82, 2.24) is 19.7 Å². The predicted molar refractivity (Wildman–Crippen MR) is 111 cm³/mol. The van der Waals surface area contributed by atoms with Crippen LogP contribution in [0, 0.1) is 5.92 Å². The SMILES string of the molecule is CC(C)(C)c1cc(NC(=O)c2ccc(NC(=O)C3CC3)s2)n(-c2ncccn2)n1. The minimum absolute atomic E-state index is 0.0212. The fourth-order valence-corrected chi connectivity index (χ4v) is 3.47. The summed E-state index contributed by atoms with van der Waals surface area (Å²) in [7, 11) is 0. The second-order valence-electron chi connectivity index (χ2n) is 8.01. The molecule has 1 aliphatic carbocycles. The van der Waals surface area contributed by atoms with Crippen LogP contribution >= 0.6 is 11.3 Å². The van der Waals surface area contributed by atoms with Crippen LogP contribution in [0.15, 0.2) is 36.7 Å². The van der Waals surface area contributed by atoms with Crippen LogP contribution in [-0.2, 0) is 10.2 Å². The number of carbonyl (C=O) groups excluding carboxylic acids is 2. The molecule has 4 rings (SSSR count). The average Bonchev–Trinajstić information content (AvgIpc) is 3.28. The van der Waals surface area contributed by atoms with E-state index in [9.17, 15) is 9.59 Å². The van der Waals surface area contributed by atoms with Gasteiger partial charge in [0.15, 0.2) is 0 Å². The Hall–Kier alpha value is -3.07. The summed E-state index contributed by atoms with van der Waals surface area (Å²) < 4.78 is 1.53. The first-order valence-corrected chi connectivity index (χ1v) is 10.2. The van der Waals surface area contributed by atoms with Crippen molar-refractivity contribution in [2.75, 3.05) is 10.6 Å². The summed E-state index contributed by atoms with van der Waals surface area (Å²) in [4.78, 5) is 33.7. The zero-order valence-electron chi connectivity index (χ0n) is 16.5. The van der Waals surface area contributed by atoms with Gasteiger partial charge in [-0.15, -0.1) is 11.3 Å². The quantitative estimate of drug-likeness (QED) is 0.669. The number of thiophene rings is 1. The molecule has 3 aromatic heterocycles. The molecule has 1 saturated carbocycles. The van der Waals surface area contributed by atoms with E-state index >= 15 is 0 Å². The summed E-state index contributed by atoms with van der Waals surface area (Å²) in [6.45, 7) is 6.14. The highest BCUT2D eigenvalue weighted by atomic mass is 32.1. The van der Waals surface area contributed by atoms with Gasteiger partial charge >= 0.3 is 0 Å². The Bertz CT molecular complexity index is 1050. The molecule has 0 unspecified atom stereocenters. The third-order valence-electron chi connectivity index (χ3n) is 4.49. The van der Waals surface area contributed by atoms with E-state index in [0.717, 1.165) is 18.5 Å². The standard InChI is InChI=1S/C20H22N6O2S/c1-20(2,3)14-11-15(26(25-14)19-21-9-4-10-22-19)23-18(28)13-7-8-16(29-13)24-17(27)12-5-6-12/h4,7-12H,5-6H2,1-3H3,(H,23,28)(H,24,27). The fraction of sp³-hybridized carbons (Fsp3) is 0.350. The zero-order valence-corrected chi connectivity index (χ0v) is 17.3. The second kappa shape index (κ2) is 7.40.